The van der Waals surface area contributed by atoms with Crippen LogP contribution in [-0.2, 0) is 5.54 Å². The van der Waals surface area contributed by atoms with Gasteiger partial charge < -0.3 is 5.73 Å². The Balaban J connectivity index is 2.38. The molecule has 2 nitrogen and oxygen atoms in total. The van der Waals surface area contributed by atoms with E-state index >= 15 is 0 Å². The van der Waals surface area contributed by atoms with Crippen molar-refractivity contribution in [1.82, 2.24) is 4.98 Å². The SMILES string of the molecule is C=Cc1cc(C2(N)CC2)ccn1. The third-order valence-electron chi connectivity index (χ3n) is 2.35. The number of hydrogen-bond donors (Lipinski definition) is 1. The van der Waals surface area contributed by atoms with E-state index in [1.165, 1.54) is 5.56 Å². The van der Waals surface area contributed by atoms with Crippen molar-refractivity contribution in [2.45, 2.75) is 18.4 Å². The Morgan fingerprint density at radius 3 is 2.92 bits per heavy atom. The predicted molar refractivity (Wildman–Crippen MR) is 49.4 cm³/mol. The van der Waals surface area contributed by atoms with Crippen LogP contribution in [0.5, 0.6) is 0 Å². The summed E-state index contributed by atoms with van der Waals surface area (Å²) in [5.74, 6) is 0. The van der Waals surface area contributed by atoms with Gasteiger partial charge in [0.2, 0.25) is 0 Å². The summed E-state index contributed by atoms with van der Waals surface area (Å²) < 4.78 is 0. The summed E-state index contributed by atoms with van der Waals surface area (Å²) in [6.07, 6.45) is 5.72. The number of nitrogens with two attached hydrogens (primary N) is 1. The molecule has 0 radical (unpaired) electrons. The predicted octanol–water partition coefficient (Wildman–Crippen LogP) is 1.67. The summed E-state index contributed by atoms with van der Waals surface area (Å²) in [4.78, 5) is 4.13. The van der Waals surface area contributed by atoms with Crippen molar-refractivity contribution < 1.29 is 0 Å². The maximum absolute atomic E-state index is 6.03. The molecule has 2 heteroatoms. The van der Waals surface area contributed by atoms with Gasteiger partial charge in [-0.2, -0.15) is 0 Å². The van der Waals surface area contributed by atoms with Crippen LogP contribution in [0.1, 0.15) is 24.1 Å². The number of aromatic nitrogens is 1. The molecule has 2 N–H and O–H groups in total. The standard InChI is InChI=1S/C10H12N2/c1-2-9-7-8(3-6-12-9)10(11)4-5-10/h2-3,6-7H,1,4-5,11H2. The first-order valence-corrected chi connectivity index (χ1v) is 4.12. The maximum atomic E-state index is 6.03. The molecule has 0 bridgehead atoms. The van der Waals surface area contributed by atoms with Crippen LogP contribution in [0.3, 0.4) is 0 Å². The van der Waals surface area contributed by atoms with Gasteiger partial charge in [0.15, 0.2) is 0 Å². The highest BCUT2D eigenvalue weighted by Gasteiger charge is 2.39. The largest absolute Gasteiger partial charge is 0.321 e. The van der Waals surface area contributed by atoms with Gasteiger partial charge in [0.05, 0.1) is 5.69 Å². The van der Waals surface area contributed by atoms with Crippen LogP contribution in [0.15, 0.2) is 24.9 Å². The summed E-state index contributed by atoms with van der Waals surface area (Å²) >= 11 is 0. The Hall–Kier alpha value is -1.15. The van der Waals surface area contributed by atoms with Gasteiger partial charge in [-0.3, -0.25) is 4.98 Å². The van der Waals surface area contributed by atoms with Crippen LogP contribution in [0.4, 0.5) is 0 Å². The van der Waals surface area contributed by atoms with Crippen molar-refractivity contribution in [1.29, 1.82) is 0 Å². The van der Waals surface area contributed by atoms with E-state index in [1.54, 1.807) is 12.3 Å². The van der Waals surface area contributed by atoms with E-state index in [-0.39, 0.29) is 5.54 Å². The first-order valence-electron chi connectivity index (χ1n) is 4.12. The molecule has 0 saturated heterocycles. The van der Waals surface area contributed by atoms with Gasteiger partial charge in [-0.1, -0.05) is 6.58 Å². The van der Waals surface area contributed by atoms with Crippen molar-refractivity contribution in [3.8, 4) is 0 Å². The van der Waals surface area contributed by atoms with Gasteiger partial charge in [0.1, 0.15) is 0 Å². The molecular formula is C10H12N2. The second-order valence-electron chi connectivity index (χ2n) is 3.33. The first kappa shape index (κ1) is 7.50. The molecule has 0 spiro atoms. The number of rotatable bonds is 2. The second-order valence-corrected chi connectivity index (χ2v) is 3.33. The average molecular weight is 160 g/mol. The van der Waals surface area contributed by atoms with Gasteiger partial charge in [-0.25, -0.2) is 0 Å². The molecule has 1 heterocycles. The van der Waals surface area contributed by atoms with Crippen LogP contribution in [-0.4, -0.2) is 4.98 Å². The van der Waals surface area contributed by atoms with Crippen LogP contribution in [0.2, 0.25) is 0 Å². The summed E-state index contributed by atoms with van der Waals surface area (Å²) in [6.45, 7) is 3.67. The van der Waals surface area contributed by atoms with E-state index in [2.05, 4.69) is 11.6 Å². The van der Waals surface area contributed by atoms with E-state index in [1.807, 2.05) is 12.1 Å². The Kier molecular flexibility index (Phi) is 1.51. The van der Waals surface area contributed by atoms with Gasteiger partial charge in [-0.15, -0.1) is 0 Å². The molecular weight excluding hydrogens is 148 g/mol. The summed E-state index contributed by atoms with van der Waals surface area (Å²) in [7, 11) is 0. The smallest absolute Gasteiger partial charge is 0.0627 e. The third-order valence-corrected chi connectivity index (χ3v) is 2.35. The molecule has 1 aromatic heterocycles. The summed E-state index contributed by atoms with van der Waals surface area (Å²) in [6, 6.07) is 4.00. The summed E-state index contributed by atoms with van der Waals surface area (Å²) in [5, 5.41) is 0. The third kappa shape index (κ3) is 1.14. The van der Waals surface area contributed by atoms with Crippen LogP contribution in [0.25, 0.3) is 6.08 Å². The Morgan fingerprint density at radius 1 is 1.58 bits per heavy atom. The normalized spacial score (nSPS) is 18.8. The fourth-order valence-corrected chi connectivity index (χ4v) is 1.29. The number of hydrogen-bond acceptors (Lipinski definition) is 2. The van der Waals surface area contributed by atoms with E-state index in [9.17, 15) is 0 Å². The molecule has 12 heavy (non-hydrogen) atoms. The zero-order chi connectivity index (χ0) is 8.60. The lowest BCUT2D eigenvalue weighted by Gasteiger charge is -2.08. The number of nitrogens with zero attached hydrogens (tertiary/aromatic N) is 1. The molecule has 62 valence electrons. The van der Waals surface area contributed by atoms with Gasteiger partial charge in [0, 0.05) is 11.7 Å². The first-order chi connectivity index (χ1) is 5.74. The lowest BCUT2D eigenvalue weighted by atomic mass is 10.1. The minimum Gasteiger partial charge on any atom is -0.321 e. The second kappa shape index (κ2) is 2.42. The molecule has 1 aliphatic carbocycles. The van der Waals surface area contributed by atoms with Crippen molar-refractivity contribution in [3.05, 3.63) is 36.2 Å². The highest BCUT2D eigenvalue weighted by atomic mass is 14.8. The monoisotopic (exact) mass is 160 g/mol. The Bertz CT molecular complexity index is 313. The molecule has 1 aromatic rings. The molecule has 0 unspecified atom stereocenters. The van der Waals surface area contributed by atoms with E-state index in [0.29, 0.717) is 0 Å². The zero-order valence-corrected chi connectivity index (χ0v) is 6.96. The van der Waals surface area contributed by atoms with Crippen LogP contribution >= 0.6 is 0 Å². The highest BCUT2D eigenvalue weighted by Crippen LogP contribution is 2.42. The van der Waals surface area contributed by atoms with Crippen LogP contribution < -0.4 is 5.73 Å². The van der Waals surface area contributed by atoms with Crippen molar-refractivity contribution in [2.75, 3.05) is 0 Å². The highest BCUT2D eigenvalue weighted by molar-refractivity contribution is 5.44. The molecule has 1 aliphatic rings. The lowest BCUT2D eigenvalue weighted by molar-refractivity contribution is 0.737. The lowest BCUT2D eigenvalue weighted by Crippen LogP contribution is -2.18. The van der Waals surface area contributed by atoms with E-state index in [4.69, 9.17) is 5.73 Å². The molecule has 0 aliphatic heterocycles. The van der Waals surface area contributed by atoms with Gasteiger partial charge in [-0.05, 0) is 36.6 Å². The molecule has 2 rings (SSSR count). The van der Waals surface area contributed by atoms with Gasteiger partial charge >= 0.3 is 0 Å². The number of pyridine rings is 1. The molecule has 1 saturated carbocycles. The van der Waals surface area contributed by atoms with Gasteiger partial charge in [0.25, 0.3) is 0 Å². The average Bonchev–Trinajstić information content (AvgIpc) is 2.85. The molecule has 0 amide bonds. The zero-order valence-electron chi connectivity index (χ0n) is 6.96. The Morgan fingerprint density at radius 2 is 2.33 bits per heavy atom. The maximum Gasteiger partial charge on any atom is 0.0627 e. The van der Waals surface area contributed by atoms with E-state index in [0.717, 1.165) is 18.5 Å². The topological polar surface area (TPSA) is 38.9 Å². The van der Waals surface area contributed by atoms with Crippen molar-refractivity contribution in [2.24, 2.45) is 5.73 Å². The molecule has 1 fully saturated rings. The van der Waals surface area contributed by atoms with Crippen molar-refractivity contribution >= 4 is 6.08 Å². The van der Waals surface area contributed by atoms with Crippen LogP contribution in [0, 0.1) is 0 Å². The fraction of sp³-hybridized carbons (Fsp3) is 0.300. The minimum atomic E-state index is -0.0549. The fourth-order valence-electron chi connectivity index (χ4n) is 1.29. The summed E-state index contributed by atoms with van der Waals surface area (Å²) in [5.41, 5.74) is 8.07. The minimum absolute atomic E-state index is 0.0549. The Labute approximate surface area is 72.1 Å². The quantitative estimate of drug-likeness (QED) is 0.714. The molecule has 0 atom stereocenters. The van der Waals surface area contributed by atoms with Crippen molar-refractivity contribution in [3.63, 3.8) is 0 Å². The van der Waals surface area contributed by atoms with E-state index < -0.39 is 0 Å². The molecule has 0 aromatic carbocycles.